The van der Waals surface area contributed by atoms with Gasteiger partial charge in [0.05, 0.1) is 23.8 Å². The molecule has 8 heteroatoms. The molecule has 0 radical (unpaired) electrons. The summed E-state index contributed by atoms with van der Waals surface area (Å²) < 4.78 is 5.15. The van der Waals surface area contributed by atoms with Gasteiger partial charge in [-0.05, 0) is 62.4 Å². The van der Waals surface area contributed by atoms with Gasteiger partial charge in [-0.3, -0.25) is 9.59 Å². The van der Waals surface area contributed by atoms with Gasteiger partial charge in [0.15, 0.2) is 0 Å². The first kappa shape index (κ1) is 28.7. The molecule has 0 saturated carbocycles. The molecule has 0 unspecified atom stereocenters. The number of halogens is 1. The van der Waals surface area contributed by atoms with Crippen molar-refractivity contribution in [2.75, 3.05) is 26.3 Å². The molecule has 2 aromatic carbocycles. The van der Waals surface area contributed by atoms with Crippen molar-refractivity contribution in [1.29, 1.82) is 0 Å². The molecule has 1 fully saturated rings. The maximum Gasteiger partial charge on any atom is 0.339 e. The van der Waals surface area contributed by atoms with Gasteiger partial charge in [-0.1, -0.05) is 49.7 Å². The minimum atomic E-state index is -0.746. The number of rotatable bonds is 8. The fraction of sp³-hybridized carbons (Fsp3) is 0.483. The summed E-state index contributed by atoms with van der Waals surface area (Å²) in [5, 5.41) is 13.9. The van der Waals surface area contributed by atoms with Gasteiger partial charge in [0.1, 0.15) is 0 Å². The number of ether oxygens (including phenoxy) is 1. The van der Waals surface area contributed by atoms with E-state index in [0.29, 0.717) is 30.1 Å². The maximum absolute atomic E-state index is 13.3. The van der Waals surface area contributed by atoms with Crippen LogP contribution in [0.15, 0.2) is 48.5 Å². The Morgan fingerprint density at radius 3 is 2.41 bits per heavy atom. The number of esters is 1. The van der Waals surface area contributed by atoms with Crippen LogP contribution in [0.5, 0.6) is 0 Å². The first-order chi connectivity index (χ1) is 17.4. The molecule has 200 valence electrons. The van der Waals surface area contributed by atoms with E-state index in [1.165, 1.54) is 0 Å². The molecule has 1 atom stereocenters. The second-order valence-electron chi connectivity index (χ2n) is 11.0. The molecule has 0 aliphatic carbocycles. The van der Waals surface area contributed by atoms with Crippen LogP contribution in [0.1, 0.15) is 73.7 Å². The third-order valence-corrected chi connectivity index (χ3v) is 7.74. The van der Waals surface area contributed by atoms with Crippen molar-refractivity contribution in [2.45, 2.75) is 58.4 Å². The van der Waals surface area contributed by atoms with E-state index in [2.05, 4.69) is 5.32 Å². The second kappa shape index (κ2) is 11.2. The molecule has 3 rings (SSSR count). The number of hydrogen-bond donors (Lipinski definition) is 2. The zero-order valence-corrected chi connectivity index (χ0v) is 23.0. The van der Waals surface area contributed by atoms with Crippen molar-refractivity contribution in [3.8, 4) is 0 Å². The average molecular weight is 529 g/mol. The highest BCUT2D eigenvalue weighted by Gasteiger charge is 2.51. The number of nitrogens with one attached hydrogen (secondary N) is 1. The Morgan fingerprint density at radius 2 is 1.81 bits per heavy atom. The number of benzene rings is 2. The Morgan fingerprint density at radius 1 is 1.14 bits per heavy atom. The van der Waals surface area contributed by atoms with Crippen LogP contribution in [0.3, 0.4) is 0 Å². The molecule has 1 heterocycles. The van der Waals surface area contributed by atoms with Crippen molar-refractivity contribution < 1.29 is 24.2 Å². The molecular weight excluding hydrogens is 492 g/mol. The topological polar surface area (TPSA) is 95.9 Å². The fourth-order valence-electron chi connectivity index (χ4n) is 5.20. The molecule has 0 spiro atoms. The van der Waals surface area contributed by atoms with Crippen LogP contribution in [0.25, 0.3) is 0 Å². The molecule has 2 N–H and O–H groups in total. The van der Waals surface area contributed by atoms with Gasteiger partial charge in [0, 0.05) is 36.0 Å². The molecule has 1 saturated heterocycles. The van der Waals surface area contributed by atoms with Crippen molar-refractivity contribution in [3.63, 3.8) is 0 Å². The molecular formula is C29H37ClN2O5. The van der Waals surface area contributed by atoms with E-state index < -0.39 is 22.3 Å². The SMILES string of the molecule is CCOC(=O)c1cc([C@]2(CO)CCN(C(=O)CC(C)(C)NC(=O)c3ccccc3)CC2(C)C)ccc1Cl. The Kier molecular flexibility index (Phi) is 8.70. The van der Waals surface area contributed by atoms with Crippen LogP contribution in [0.4, 0.5) is 0 Å². The Bertz CT molecular complexity index is 1150. The lowest BCUT2D eigenvalue weighted by Gasteiger charge is -2.53. The van der Waals surface area contributed by atoms with Crippen LogP contribution in [0.2, 0.25) is 5.02 Å². The van der Waals surface area contributed by atoms with Gasteiger partial charge in [0.25, 0.3) is 5.91 Å². The van der Waals surface area contributed by atoms with E-state index in [9.17, 15) is 19.5 Å². The maximum atomic E-state index is 13.3. The van der Waals surface area contributed by atoms with Crippen LogP contribution >= 0.6 is 11.6 Å². The third-order valence-electron chi connectivity index (χ3n) is 7.41. The summed E-state index contributed by atoms with van der Waals surface area (Å²) in [5.41, 5.74) is -0.363. The van der Waals surface area contributed by atoms with Crippen molar-refractivity contribution in [3.05, 3.63) is 70.2 Å². The van der Waals surface area contributed by atoms with E-state index in [0.717, 1.165) is 5.56 Å². The number of piperidine rings is 1. The predicted octanol–water partition coefficient (Wildman–Crippen LogP) is 4.60. The lowest BCUT2D eigenvalue weighted by atomic mass is 9.58. The van der Waals surface area contributed by atoms with Crippen LogP contribution in [0, 0.1) is 5.41 Å². The molecule has 0 aromatic heterocycles. The number of amides is 2. The summed E-state index contributed by atoms with van der Waals surface area (Å²) in [6.07, 6.45) is 0.644. The molecule has 37 heavy (non-hydrogen) atoms. The highest BCUT2D eigenvalue weighted by atomic mass is 35.5. The van der Waals surface area contributed by atoms with Gasteiger partial charge < -0.3 is 20.1 Å². The summed E-state index contributed by atoms with van der Waals surface area (Å²) >= 11 is 6.28. The predicted molar refractivity (Wildman–Crippen MR) is 144 cm³/mol. The van der Waals surface area contributed by atoms with Crippen LogP contribution in [-0.4, -0.2) is 59.6 Å². The molecule has 2 aromatic rings. The molecule has 0 bridgehead atoms. The van der Waals surface area contributed by atoms with E-state index >= 15 is 0 Å². The van der Waals surface area contributed by atoms with Crippen molar-refractivity contribution in [2.24, 2.45) is 5.41 Å². The van der Waals surface area contributed by atoms with Gasteiger partial charge in [-0.25, -0.2) is 4.79 Å². The summed E-state index contributed by atoms with van der Waals surface area (Å²) in [7, 11) is 0. The van der Waals surface area contributed by atoms with Crippen molar-refractivity contribution in [1.82, 2.24) is 10.2 Å². The number of nitrogens with zero attached hydrogens (tertiary/aromatic N) is 1. The van der Waals surface area contributed by atoms with Crippen LogP contribution in [-0.2, 0) is 14.9 Å². The zero-order chi connectivity index (χ0) is 27.4. The van der Waals surface area contributed by atoms with Crippen LogP contribution < -0.4 is 5.32 Å². The van der Waals surface area contributed by atoms with E-state index in [1.54, 1.807) is 48.2 Å². The number of hydrogen-bond acceptors (Lipinski definition) is 5. The van der Waals surface area contributed by atoms with Crippen molar-refractivity contribution >= 4 is 29.4 Å². The molecule has 1 aliphatic heterocycles. The average Bonchev–Trinajstić information content (AvgIpc) is 2.84. The molecule has 7 nitrogen and oxygen atoms in total. The minimum Gasteiger partial charge on any atom is -0.462 e. The zero-order valence-electron chi connectivity index (χ0n) is 22.3. The standard InChI is InChI=1S/C29H37ClN2O5/c1-6-37-26(36)22-16-21(12-13-23(22)30)29(19-33)14-15-32(18-27(29,2)3)24(34)17-28(4,5)31-25(35)20-10-8-7-9-11-20/h7-13,16,33H,6,14-15,17-19H2,1-5H3,(H,31,35)/t29-/m1/s1. The Hall–Kier alpha value is -2.90. The summed E-state index contributed by atoms with van der Waals surface area (Å²) in [5.74, 6) is -0.800. The van der Waals surface area contributed by atoms with E-state index in [1.807, 2.05) is 39.8 Å². The van der Waals surface area contributed by atoms with Gasteiger partial charge in [-0.2, -0.15) is 0 Å². The first-order valence-corrected chi connectivity index (χ1v) is 13.0. The Labute approximate surface area is 224 Å². The second-order valence-corrected chi connectivity index (χ2v) is 11.4. The Balaban J connectivity index is 1.77. The quantitative estimate of drug-likeness (QED) is 0.488. The lowest BCUT2D eigenvalue weighted by molar-refractivity contribution is -0.138. The summed E-state index contributed by atoms with van der Waals surface area (Å²) in [6, 6.07) is 14.1. The first-order valence-electron chi connectivity index (χ1n) is 12.6. The molecule has 2 amide bonds. The number of aliphatic hydroxyl groups excluding tert-OH is 1. The fourth-order valence-corrected chi connectivity index (χ4v) is 5.39. The smallest absolute Gasteiger partial charge is 0.339 e. The number of likely N-dealkylation sites (tertiary alicyclic amines) is 1. The monoisotopic (exact) mass is 528 g/mol. The highest BCUT2D eigenvalue weighted by molar-refractivity contribution is 6.33. The largest absolute Gasteiger partial charge is 0.462 e. The van der Waals surface area contributed by atoms with Gasteiger partial charge in [-0.15, -0.1) is 0 Å². The number of carbonyl (C=O) groups is 3. The highest BCUT2D eigenvalue weighted by Crippen LogP contribution is 2.48. The van der Waals surface area contributed by atoms with E-state index in [4.69, 9.17) is 16.3 Å². The van der Waals surface area contributed by atoms with E-state index in [-0.39, 0.29) is 37.0 Å². The van der Waals surface area contributed by atoms with Gasteiger partial charge in [0.2, 0.25) is 5.91 Å². The molecule has 1 aliphatic rings. The number of carbonyl (C=O) groups excluding carboxylic acids is 3. The summed E-state index contributed by atoms with van der Waals surface area (Å²) in [4.78, 5) is 40.2. The number of aliphatic hydroxyl groups is 1. The third kappa shape index (κ3) is 6.16. The minimum absolute atomic E-state index is 0.0682. The van der Waals surface area contributed by atoms with Gasteiger partial charge >= 0.3 is 5.97 Å². The normalized spacial score (nSPS) is 19.3. The lowest BCUT2D eigenvalue weighted by Crippen LogP contribution is -2.59. The summed E-state index contributed by atoms with van der Waals surface area (Å²) in [6.45, 7) is 10.4.